The summed E-state index contributed by atoms with van der Waals surface area (Å²) in [6.45, 7) is 0. The molecule has 0 saturated heterocycles. The number of anilines is 2. The van der Waals surface area contributed by atoms with Crippen LogP contribution in [-0.2, 0) is 0 Å². The van der Waals surface area contributed by atoms with E-state index in [2.05, 4.69) is 4.90 Å². The van der Waals surface area contributed by atoms with Crippen LogP contribution in [0.2, 0.25) is 0 Å². The monoisotopic (exact) mass is 248 g/mol. The van der Waals surface area contributed by atoms with Gasteiger partial charge in [0.1, 0.15) is 0 Å². The van der Waals surface area contributed by atoms with Crippen LogP contribution < -0.4 is 10.6 Å². The topological polar surface area (TPSA) is 66.6 Å². The van der Waals surface area contributed by atoms with Crippen molar-refractivity contribution in [3.63, 3.8) is 0 Å². The van der Waals surface area contributed by atoms with Crippen molar-refractivity contribution in [3.05, 3.63) is 23.8 Å². The Kier molecular flexibility index (Phi) is 3.75. The lowest BCUT2D eigenvalue weighted by molar-refractivity contribution is 0.0697. The maximum absolute atomic E-state index is 11.3. The third kappa shape index (κ3) is 2.58. The Balaban J connectivity index is 2.28. The van der Waals surface area contributed by atoms with Crippen molar-refractivity contribution in [2.24, 2.45) is 0 Å². The molecule has 0 unspecified atom stereocenters. The van der Waals surface area contributed by atoms with Crippen molar-refractivity contribution in [1.29, 1.82) is 0 Å². The molecule has 1 aromatic carbocycles. The molecule has 0 spiro atoms. The molecule has 2 rings (SSSR count). The zero-order chi connectivity index (χ0) is 13.1. The van der Waals surface area contributed by atoms with E-state index in [1.807, 2.05) is 13.1 Å². The van der Waals surface area contributed by atoms with E-state index in [9.17, 15) is 9.90 Å². The van der Waals surface area contributed by atoms with E-state index < -0.39 is 5.97 Å². The summed E-state index contributed by atoms with van der Waals surface area (Å²) in [5, 5.41) is 9.26. The second-order valence-corrected chi connectivity index (χ2v) is 4.98. The summed E-state index contributed by atoms with van der Waals surface area (Å²) in [6, 6.07) is 5.56. The molecule has 0 aromatic heterocycles. The molecule has 4 heteroatoms. The van der Waals surface area contributed by atoms with Gasteiger partial charge in [-0.15, -0.1) is 0 Å². The van der Waals surface area contributed by atoms with Gasteiger partial charge in [0, 0.05) is 18.8 Å². The minimum Gasteiger partial charge on any atom is -0.478 e. The number of nitrogens with two attached hydrogens (primary N) is 1. The standard InChI is InChI=1S/C14H20N2O2/c1-16(11-5-3-2-4-6-11)13-8-7-10(15)9-12(13)14(17)18/h7-9,11H,2-6,15H2,1H3,(H,17,18). The van der Waals surface area contributed by atoms with Crippen LogP contribution in [0.4, 0.5) is 11.4 Å². The molecule has 98 valence electrons. The largest absolute Gasteiger partial charge is 0.478 e. The van der Waals surface area contributed by atoms with Gasteiger partial charge in [-0.2, -0.15) is 0 Å². The summed E-state index contributed by atoms with van der Waals surface area (Å²) in [7, 11) is 1.98. The van der Waals surface area contributed by atoms with Gasteiger partial charge >= 0.3 is 5.97 Å². The van der Waals surface area contributed by atoms with Gasteiger partial charge in [0.05, 0.1) is 11.3 Å². The number of carboxylic acids is 1. The lowest BCUT2D eigenvalue weighted by Crippen LogP contribution is -2.34. The number of hydrogen-bond acceptors (Lipinski definition) is 3. The number of carboxylic acid groups (broad SMARTS) is 1. The highest BCUT2D eigenvalue weighted by Crippen LogP contribution is 2.29. The maximum atomic E-state index is 11.3. The van der Waals surface area contributed by atoms with E-state index in [4.69, 9.17) is 5.73 Å². The van der Waals surface area contributed by atoms with Crippen molar-refractivity contribution in [1.82, 2.24) is 0 Å². The molecule has 1 aliphatic carbocycles. The van der Waals surface area contributed by atoms with Crippen LogP contribution in [-0.4, -0.2) is 24.2 Å². The van der Waals surface area contributed by atoms with Crippen molar-refractivity contribution in [3.8, 4) is 0 Å². The average Bonchev–Trinajstić information content (AvgIpc) is 2.39. The molecule has 0 radical (unpaired) electrons. The lowest BCUT2D eigenvalue weighted by atomic mass is 9.93. The molecular weight excluding hydrogens is 228 g/mol. The highest BCUT2D eigenvalue weighted by molar-refractivity contribution is 5.95. The maximum Gasteiger partial charge on any atom is 0.337 e. The van der Waals surface area contributed by atoms with E-state index >= 15 is 0 Å². The van der Waals surface area contributed by atoms with E-state index in [1.165, 1.54) is 25.3 Å². The van der Waals surface area contributed by atoms with Crippen LogP contribution in [0.25, 0.3) is 0 Å². The first kappa shape index (κ1) is 12.7. The molecule has 0 heterocycles. The molecule has 4 nitrogen and oxygen atoms in total. The molecule has 1 fully saturated rings. The van der Waals surface area contributed by atoms with Crippen LogP contribution >= 0.6 is 0 Å². The van der Waals surface area contributed by atoms with E-state index in [0.29, 0.717) is 17.3 Å². The highest BCUT2D eigenvalue weighted by atomic mass is 16.4. The third-order valence-corrected chi connectivity index (χ3v) is 3.75. The number of benzene rings is 1. The molecule has 0 atom stereocenters. The first-order valence-electron chi connectivity index (χ1n) is 6.45. The van der Waals surface area contributed by atoms with Gasteiger partial charge in [-0.1, -0.05) is 19.3 Å². The Bertz CT molecular complexity index is 439. The number of carbonyl (C=O) groups is 1. The Morgan fingerprint density at radius 3 is 2.61 bits per heavy atom. The van der Waals surface area contributed by atoms with Gasteiger partial charge < -0.3 is 15.7 Å². The van der Waals surface area contributed by atoms with Gasteiger partial charge in [0.2, 0.25) is 0 Å². The predicted molar refractivity (Wildman–Crippen MR) is 73.1 cm³/mol. The van der Waals surface area contributed by atoms with Crippen LogP contribution in [0.15, 0.2) is 18.2 Å². The van der Waals surface area contributed by atoms with Crippen LogP contribution in [0, 0.1) is 0 Å². The Hall–Kier alpha value is -1.71. The van der Waals surface area contributed by atoms with E-state index in [1.54, 1.807) is 6.07 Å². The van der Waals surface area contributed by atoms with Crippen molar-refractivity contribution in [2.75, 3.05) is 17.7 Å². The van der Waals surface area contributed by atoms with Gasteiger partial charge in [-0.3, -0.25) is 0 Å². The summed E-state index contributed by atoms with van der Waals surface area (Å²) in [4.78, 5) is 13.4. The molecule has 1 saturated carbocycles. The number of hydrogen-bond donors (Lipinski definition) is 2. The smallest absolute Gasteiger partial charge is 0.337 e. The Morgan fingerprint density at radius 1 is 1.33 bits per heavy atom. The second-order valence-electron chi connectivity index (χ2n) is 4.98. The average molecular weight is 248 g/mol. The van der Waals surface area contributed by atoms with Crippen molar-refractivity contribution >= 4 is 17.3 Å². The molecule has 0 amide bonds. The quantitative estimate of drug-likeness (QED) is 0.807. The SMILES string of the molecule is CN(c1ccc(N)cc1C(=O)O)C1CCCCC1. The molecule has 0 aliphatic heterocycles. The fourth-order valence-corrected chi connectivity index (χ4v) is 2.70. The summed E-state index contributed by atoms with van der Waals surface area (Å²) < 4.78 is 0. The summed E-state index contributed by atoms with van der Waals surface area (Å²) in [5.41, 5.74) is 7.22. The minimum atomic E-state index is -0.917. The van der Waals surface area contributed by atoms with Gasteiger partial charge in [-0.25, -0.2) is 4.79 Å². The molecule has 3 N–H and O–H groups in total. The first-order chi connectivity index (χ1) is 8.59. The van der Waals surface area contributed by atoms with E-state index in [-0.39, 0.29) is 0 Å². The summed E-state index contributed by atoms with van der Waals surface area (Å²) >= 11 is 0. The molecule has 1 aromatic rings. The van der Waals surface area contributed by atoms with E-state index in [0.717, 1.165) is 18.5 Å². The van der Waals surface area contributed by atoms with Crippen LogP contribution in [0.5, 0.6) is 0 Å². The Labute approximate surface area is 107 Å². The minimum absolute atomic E-state index is 0.295. The number of rotatable bonds is 3. The normalized spacial score (nSPS) is 16.5. The molecular formula is C14H20N2O2. The fourth-order valence-electron chi connectivity index (χ4n) is 2.70. The molecule has 18 heavy (non-hydrogen) atoms. The predicted octanol–water partition coefficient (Wildman–Crippen LogP) is 2.74. The highest BCUT2D eigenvalue weighted by Gasteiger charge is 2.22. The van der Waals surface area contributed by atoms with Gasteiger partial charge in [-0.05, 0) is 31.0 Å². The fraction of sp³-hybridized carbons (Fsp3) is 0.500. The van der Waals surface area contributed by atoms with Gasteiger partial charge in [0.25, 0.3) is 0 Å². The number of nitrogen functional groups attached to an aromatic ring is 1. The van der Waals surface area contributed by atoms with Crippen molar-refractivity contribution in [2.45, 2.75) is 38.1 Å². The van der Waals surface area contributed by atoms with Crippen molar-refractivity contribution < 1.29 is 9.90 Å². The lowest BCUT2D eigenvalue weighted by Gasteiger charge is -2.33. The molecule has 0 bridgehead atoms. The zero-order valence-electron chi connectivity index (χ0n) is 10.7. The first-order valence-corrected chi connectivity index (χ1v) is 6.45. The Morgan fingerprint density at radius 2 is 2.00 bits per heavy atom. The van der Waals surface area contributed by atoms with Crippen LogP contribution in [0.3, 0.4) is 0 Å². The van der Waals surface area contributed by atoms with Crippen LogP contribution in [0.1, 0.15) is 42.5 Å². The number of nitrogens with zero attached hydrogens (tertiary/aromatic N) is 1. The number of aromatic carboxylic acids is 1. The summed E-state index contributed by atoms with van der Waals surface area (Å²) in [6.07, 6.45) is 6.02. The van der Waals surface area contributed by atoms with Gasteiger partial charge in [0.15, 0.2) is 0 Å². The zero-order valence-corrected chi connectivity index (χ0v) is 10.7. The second kappa shape index (κ2) is 5.29. The molecule has 1 aliphatic rings. The third-order valence-electron chi connectivity index (χ3n) is 3.75. The summed E-state index contributed by atoms with van der Waals surface area (Å²) in [5.74, 6) is -0.917.